The molecule has 0 aliphatic rings. The average molecular weight is 246 g/mol. The van der Waals surface area contributed by atoms with Gasteiger partial charge in [-0.1, -0.05) is 13.3 Å². The maximum atomic E-state index is 11.7. The smallest absolute Gasteiger partial charge is 0.466 e. The van der Waals surface area contributed by atoms with Gasteiger partial charge < -0.3 is 14.2 Å². The van der Waals surface area contributed by atoms with Gasteiger partial charge in [-0.2, -0.15) is 0 Å². The number of carbonyl (C=O) groups is 2. The lowest BCUT2D eigenvalue weighted by atomic mass is 9.98. The number of ether oxygens (including phenoxy) is 3. The second kappa shape index (κ2) is 8.84. The van der Waals surface area contributed by atoms with E-state index in [-0.39, 0.29) is 12.6 Å². The van der Waals surface area contributed by atoms with Crippen molar-refractivity contribution in [2.75, 3.05) is 13.2 Å². The first-order valence-electron chi connectivity index (χ1n) is 6.06. The van der Waals surface area contributed by atoms with Crippen molar-refractivity contribution in [2.24, 2.45) is 5.92 Å². The molecular formula is C12H22O5. The molecule has 0 saturated heterocycles. The fraction of sp³-hybridized carbons (Fsp3) is 0.833. The van der Waals surface area contributed by atoms with Crippen LogP contribution in [0.5, 0.6) is 0 Å². The molecule has 0 aliphatic heterocycles. The SMILES string of the molecule is CCCC(C(=O)OCC)C(C)OC(=O)OCC. The van der Waals surface area contributed by atoms with Crippen molar-refractivity contribution in [3.63, 3.8) is 0 Å². The number of hydrogen-bond acceptors (Lipinski definition) is 5. The van der Waals surface area contributed by atoms with E-state index in [4.69, 9.17) is 9.47 Å². The number of carbonyl (C=O) groups excluding carboxylic acids is 2. The first kappa shape index (κ1) is 15.7. The van der Waals surface area contributed by atoms with Crippen molar-refractivity contribution in [3.8, 4) is 0 Å². The van der Waals surface area contributed by atoms with Crippen molar-refractivity contribution < 1.29 is 23.8 Å². The number of rotatable bonds is 7. The first-order valence-corrected chi connectivity index (χ1v) is 6.06. The van der Waals surface area contributed by atoms with Crippen LogP contribution < -0.4 is 0 Å². The Balaban J connectivity index is 4.37. The molecule has 100 valence electrons. The Bertz CT molecular complexity index is 239. The molecule has 2 atom stereocenters. The first-order chi connectivity index (χ1) is 8.06. The van der Waals surface area contributed by atoms with Crippen molar-refractivity contribution in [3.05, 3.63) is 0 Å². The topological polar surface area (TPSA) is 61.8 Å². The van der Waals surface area contributed by atoms with Gasteiger partial charge in [0.1, 0.15) is 6.10 Å². The fourth-order valence-corrected chi connectivity index (χ4v) is 1.49. The van der Waals surface area contributed by atoms with Crippen LogP contribution >= 0.6 is 0 Å². The molecule has 0 bridgehead atoms. The van der Waals surface area contributed by atoms with Crippen molar-refractivity contribution in [1.82, 2.24) is 0 Å². The van der Waals surface area contributed by atoms with Crippen molar-refractivity contribution in [1.29, 1.82) is 0 Å². The molecule has 0 aromatic heterocycles. The zero-order valence-electron chi connectivity index (χ0n) is 11.0. The fourth-order valence-electron chi connectivity index (χ4n) is 1.49. The summed E-state index contributed by atoms with van der Waals surface area (Å²) in [5.74, 6) is -0.754. The summed E-state index contributed by atoms with van der Waals surface area (Å²) < 4.78 is 14.6. The monoisotopic (exact) mass is 246 g/mol. The minimum Gasteiger partial charge on any atom is -0.466 e. The van der Waals surface area contributed by atoms with Crippen molar-refractivity contribution in [2.45, 2.75) is 46.6 Å². The summed E-state index contributed by atoms with van der Waals surface area (Å²) in [5.41, 5.74) is 0. The van der Waals surface area contributed by atoms with Gasteiger partial charge in [0.05, 0.1) is 19.1 Å². The van der Waals surface area contributed by atoms with Gasteiger partial charge in [0.25, 0.3) is 0 Å². The predicted octanol–water partition coefficient (Wildman–Crippen LogP) is 2.53. The van der Waals surface area contributed by atoms with Gasteiger partial charge >= 0.3 is 12.1 Å². The maximum Gasteiger partial charge on any atom is 0.508 e. The molecule has 0 spiro atoms. The van der Waals surface area contributed by atoms with Gasteiger partial charge in [-0.3, -0.25) is 4.79 Å². The van der Waals surface area contributed by atoms with Gasteiger partial charge in [0.2, 0.25) is 0 Å². The lowest BCUT2D eigenvalue weighted by molar-refractivity contribution is -0.152. The van der Waals surface area contributed by atoms with Gasteiger partial charge in [-0.05, 0) is 27.2 Å². The van der Waals surface area contributed by atoms with E-state index in [9.17, 15) is 9.59 Å². The van der Waals surface area contributed by atoms with Gasteiger partial charge in [0.15, 0.2) is 0 Å². The third-order valence-corrected chi connectivity index (χ3v) is 2.30. The highest BCUT2D eigenvalue weighted by Gasteiger charge is 2.28. The van der Waals surface area contributed by atoms with Crippen LogP contribution in [-0.2, 0) is 19.0 Å². The Morgan fingerprint density at radius 1 is 1.06 bits per heavy atom. The molecule has 0 amide bonds. The maximum absolute atomic E-state index is 11.7. The molecule has 0 aromatic rings. The Morgan fingerprint density at radius 3 is 2.12 bits per heavy atom. The molecule has 0 aromatic carbocycles. The largest absolute Gasteiger partial charge is 0.508 e. The molecule has 5 heteroatoms. The highest BCUT2D eigenvalue weighted by Crippen LogP contribution is 2.17. The molecule has 0 fully saturated rings. The van der Waals surface area contributed by atoms with Gasteiger partial charge in [0, 0.05) is 0 Å². The molecule has 0 saturated carbocycles. The van der Waals surface area contributed by atoms with E-state index >= 15 is 0 Å². The van der Waals surface area contributed by atoms with E-state index in [1.165, 1.54) is 0 Å². The zero-order valence-corrected chi connectivity index (χ0v) is 11.0. The molecule has 0 aliphatic carbocycles. The van der Waals surface area contributed by atoms with Crippen LogP contribution in [0.2, 0.25) is 0 Å². The van der Waals surface area contributed by atoms with Crippen LogP contribution in [0.25, 0.3) is 0 Å². The van der Waals surface area contributed by atoms with Crippen LogP contribution in [0, 0.1) is 5.92 Å². The van der Waals surface area contributed by atoms with E-state index in [1.54, 1.807) is 20.8 Å². The van der Waals surface area contributed by atoms with E-state index in [0.29, 0.717) is 13.0 Å². The zero-order chi connectivity index (χ0) is 13.3. The second-order valence-corrected chi connectivity index (χ2v) is 3.65. The standard InChI is InChI=1S/C12H22O5/c1-5-8-10(11(13)15-6-2)9(4)17-12(14)16-7-3/h9-10H,5-8H2,1-4H3. The minimum absolute atomic E-state index is 0.253. The summed E-state index contributed by atoms with van der Waals surface area (Å²) in [6, 6.07) is 0. The molecule has 5 nitrogen and oxygen atoms in total. The van der Waals surface area contributed by atoms with Gasteiger partial charge in [-0.15, -0.1) is 0 Å². The summed E-state index contributed by atoms with van der Waals surface area (Å²) in [6.07, 6.45) is 0.165. The molecule has 0 rings (SSSR count). The molecule has 0 heterocycles. The Morgan fingerprint density at radius 2 is 1.65 bits per heavy atom. The molecule has 0 N–H and O–H groups in total. The summed E-state index contributed by atoms with van der Waals surface area (Å²) >= 11 is 0. The van der Waals surface area contributed by atoms with Crippen LogP contribution in [-0.4, -0.2) is 31.4 Å². The quantitative estimate of drug-likeness (QED) is 0.646. The molecular weight excluding hydrogens is 224 g/mol. The summed E-state index contributed by atoms with van der Waals surface area (Å²) in [7, 11) is 0. The number of esters is 1. The van der Waals surface area contributed by atoms with E-state index in [2.05, 4.69) is 4.74 Å². The Kier molecular flexibility index (Phi) is 8.19. The lowest BCUT2D eigenvalue weighted by Gasteiger charge is -2.21. The number of hydrogen-bond donors (Lipinski definition) is 0. The Hall–Kier alpha value is -1.26. The highest BCUT2D eigenvalue weighted by atomic mass is 16.7. The third kappa shape index (κ3) is 6.14. The van der Waals surface area contributed by atoms with Crippen LogP contribution in [0.4, 0.5) is 4.79 Å². The molecule has 2 unspecified atom stereocenters. The van der Waals surface area contributed by atoms with Crippen LogP contribution in [0.15, 0.2) is 0 Å². The van der Waals surface area contributed by atoms with E-state index in [0.717, 1.165) is 6.42 Å². The normalized spacial score (nSPS) is 13.6. The van der Waals surface area contributed by atoms with E-state index in [1.807, 2.05) is 6.92 Å². The summed E-state index contributed by atoms with van der Waals surface area (Å²) in [6.45, 7) is 7.66. The molecule has 17 heavy (non-hydrogen) atoms. The lowest BCUT2D eigenvalue weighted by Crippen LogP contribution is -2.32. The van der Waals surface area contributed by atoms with Gasteiger partial charge in [-0.25, -0.2) is 4.79 Å². The minimum atomic E-state index is -0.745. The van der Waals surface area contributed by atoms with Crippen LogP contribution in [0.3, 0.4) is 0 Å². The van der Waals surface area contributed by atoms with Crippen molar-refractivity contribution >= 4 is 12.1 Å². The predicted molar refractivity (Wildman–Crippen MR) is 62.6 cm³/mol. The van der Waals surface area contributed by atoms with E-state index < -0.39 is 18.2 Å². The second-order valence-electron chi connectivity index (χ2n) is 3.65. The summed E-state index contributed by atoms with van der Waals surface area (Å²) in [4.78, 5) is 22.8. The summed E-state index contributed by atoms with van der Waals surface area (Å²) in [5, 5.41) is 0. The third-order valence-electron chi connectivity index (χ3n) is 2.30. The highest BCUT2D eigenvalue weighted by molar-refractivity contribution is 5.73. The van der Waals surface area contributed by atoms with Crippen LogP contribution in [0.1, 0.15) is 40.5 Å². The Labute approximate surface area is 102 Å². The average Bonchev–Trinajstić information content (AvgIpc) is 2.26. The molecule has 0 radical (unpaired) electrons.